The molecule has 0 bridgehead atoms. The highest BCUT2D eigenvalue weighted by Crippen LogP contribution is 2.17. The van der Waals surface area contributed by atoms with Crippen molar-refractivity contribution in [3.8, 4) is 0 Å². The van der Waals surface area contributed by atoms with E-state index in [-0.39, 0.29) is 6.09 Å². The second kappa shape index (κ2) is 9.43. The van der Waals surface area contributed by atoms with Crippen LogP contribution in [0.15, 0.2) is 23.3 Å². The van der Waals surface area contributed by atoms with Crippen molar-refractivity contribution in [3.05, 3.63) is 23.9 Å². The summed E-state index contributed by atoms with van der Waals surface area (Å²) in [7, 11) is 1.79. The van der Waals surface area contributed by atoms with Crippen LogP contribution in [0.4, 0.5) is 10.6 Å². The Balaban J connectivity index is 1.47. The van der Waals surface area contributed by atoms with Gasteiger partial charge >= 0.3 is 6.09 Å². The summed E-state index contributed by atoms with van der Waals surface area (Å²) in [4.78, 5) is 27.0. The van der Waals surface area contributed by atoms with Crippen LogP contribution in [0.1, 0.15) is 25.3 Å². The summed E-state index contributed by atoms with van der Waals surface area (Å²) in [6, 6.07) is 4.23. The van der Waals surface area contributed by atoms with Gasteiger partial charge in [0.2, 0.25) is 0 Å². The van der Waals surface area contributed by atoms with Crippen molar-refractivity contribution >= 4 is 17.9 Å². The van der Waals surface area contributed by atoms with Gasteiger partial charge in [-0.15, -0.1) is 0 Å². The Labute approximate surface area is 161 Å². The third-order valence-electron chi connectivity index (χ3n) is 5.01. The highest BCUT2D eigenvalue weighted by molar-refractivity contribution is 5.80. The number of carbonyl (C=O) groups excluding carboxylic acids is 1. The quantitative estimate of drug-likeness (QED) is 0.637. The van der Waals surface area contributed by atoms with Crippen LogP contribution in [0.3, 0.4) is 0 Å². The van der Waals surface area contributed by atoms with Gasteiger partial charge in [-0.05, 0) is 31.4 Å². The minimum absolute atomic E-state index is 0.232. The normalized spacial score (nSPS) is 18.0. The number of anilines is 1. The molecule has 2 aliphatic rings. The Morgan fingerprint density at radius 1 is 1.15 bits per heavy atom. The molecule has 0 aromatic carbocycles. The minimum Gasteiger partial charge on any atom is -0.450 e. The molecule has 1 N–H and O–H groups in total. The smallest absolute Gasteiger partial charge is 0.409 e. The van der Waals surface area contributed by atoms with Crippen molar-refractivity contribution in [2.24, 2.45) is 4.99 Å². The molecule has 3 rings (SSSR count). The van der Waals surface area contributed by atoms with E-state index >= 15 is 0 Å². The van der Waals surface area contributed by atoms with E-state index in [9.17, 15) is 4.79 Å². The zero-order valence-corrected chi connectivity index (χ0v) is 16.4. The standard InChI is InChI=1S/C19H30N6O2/c1-3-27-19(26)25-12-10-24(11-13-25)18(20-2)22-15-16-6-7-17(21-14-16)23-8-4-5-9-23/h6-7,14H,3-5,8-13,15H2,1-2H3,(H,20,22). The average Bonchev–Trinajstić information content (AvgIpc) is 3.24. The van der Waals surface area contributed by atoms with E-state index in [4.69, 9.17) is 4.74 Å². The largest absolute Gasteiger partial charge is 0.450 e. The lowest BCUT2D eigenvalue weighted by Crippen LogP contribution is -2.53. The number of pyridine rings is 1. The van der Waals surface area contributed by atoms with E-state index in [2.05, 4.69) is 37.2 Å². The lowest BCUT2D eigenvalue weighted by Gasteiger charge is -2.35. The van der Waals surface area contributed by atoms with Crippen LogP contribution < -0.4 is 10.2 Å². The molecule has 0 saturated carbocycles. The number of carbonyl (C=O) groups is 1. The highest BCUT2D eigenvalue weighted by Gasteiger charge is 2.23. The third-order valence-corrected chi connectivity index (χ3v) is 5.01. The number of hydrogen-bond acceptors (Lipinski definition) is 5. The van der Waals surface area contributed by atoms with Gasteiger partial charge in [0.1, 0.15) is 5.82 Å². The number of aromatic nitrogens is 1. The van der Waals surface area contributed by atoms with E-state index in [0.717, 1.165) is 43.5 Å². The Hall–Kier alpha value is -2.51. The van der Waals surface area contributed by atoms with Gasteiger partial charge in [0.15, 0.2) is 5.96 Å². The molecule has 1 aromatic rings. The SMILES string of the molecule is CCOC(=O)N1CCN(C(=NC)NCc2ccc(N3CCCC3)nc2)CC1. The maximum absolute atomic E-state index is 11.8. The monoisotopic (exact) mass is 374 g/mol. The van der Waals surface area contributed by atoms with Gasteiger partial charge in [-0.3, -0.25) is 4.99 Å². The first-order chi connectivity index (χ1) is 13.2. The molecule has 0 unspecified atom stereocenters. The van der Waals surface area contributed by atoms with Gasteiger partial charge in [0.05, 0.1) is 6.61 Å². The predicted octanol–water partition coefficient (Wildman–Crippen LogP) is 1.53. The molecule has 1 amide bonds. The Bertz CT molecular complexity index is 634. The zero-order valence-electron chi connectivity index (χ0n) is 16.4. The lowest BCUT2D eigenvalue weighted by atomic mass is 10.2. The molecular weight excluding hydrogens is 344 g/mol. The molecule has 2 saturated heterocycles. The first kappa shape index (κ1) is 19.3. The first-order valence-corrected chi connectivity index (χ1v) is 9.78. The average molecular weight is 374 g/mol. The number of nitrogens with one attached hydrogen (secondary N) is 1. The first-order valence-electron chi connectivity index (χ1n) is 9.78. The molecule has 0 aliphatic carbocycles. The second-order valence-electron chi connectivity index (χ2n) is 6.79. The van der Waals surface area contributed by atoms with Crippen molar-refractivity contribution < 1.29 is 9.53 Å². The number of ether oxygens (including phenoxy) is 1. The number of hydrogen-bond donors (Lipinski definition) is 1. The van der Waals surface area contributed by atoms with Crippen molar-refractivity contribution in [1.29, 1.82) is 0 Å². The molecule has 2 fully saturated rings. The lowest BCUT2D eigenvalue weighted by molar-refractivity contribution is 0.0914. The minimum atomic E-state index is -0.232. The number of guanidine groups is 1. The summed E-state index contributed by atoms with van der Waals surface area (Å²) in [5.41, 5.74) is 1.13. The maximum atomic E-state index is 11.8. The summed E-state index contributed by atoms with van der Waals surface area (Å²) in [6.07, 6.45) is 4.21. The van der Waals surface area contributed by atoms with Crippen LogP contribution in [-0.4, -0.2) is 79.8 Å². The fraction of sp³-hybridized carbons (Fsp3) is 0.632. The number of piperazine rings is 1. The van der Waals surface area contributed by atoms with Gasteiger partial charge in [-0.1, -0.05) is 6.07 Å². The second-order valence-corrected chi connectivity index (χ2v) is 6.79. The molecular formula is C19H30N6O2. The predicted molar refractivity (Wildman–Crippen MR) is 106 cm³/mol. The van der Waals surface area contributed by atoms with E-state index < -0.39 is 0 Å². The van der Waals surface area contributed by atoms with Crippen molar-refractivity contribution in [2.45, 2.75) is 26.3 Å². The van der Waals surface area contributed by atoms with Gasteiger partial charge in [-0.25, -0.2) is 9.78 Å². The molecule has 2 aliphatic heterocycles. The summed E-state index contributed by atoms with van der Waals surface area (Å²) < 4.78 is 5.07. The summed E-state index contributed by atoms with van der Waals surface area (Å²) >= 11 is 0. The molecule has 148 valence electrons. The Morgan fingerprint density at radius 2 is 1.85 bits per heavy atom. The van der Waals surface area contributed by atoms with Gasteiger partial charge in [0.25, 0.3) is 0 Å². The van der Waals surface area contributed by atoms with Crippen molar-refractivity contribution in [3.63, 3.8) is 0 Å². The molecule has 0 atom stereocenters. The van der Waals surface area contributed by atoms with E-state index in [0.29, 0.717) is 26.2 Å². The molecule has 27 heavy (non-hydrogen) atoms. The van der Waals surface area contributed by atoms with E-state index in [1.54, 1.807) is 11.9 Å². The number of aliphatic imine (C=N–C) groups is 1. The summed E-state index contributed by atoms with van der Waals surface area (Å²) in [5, 5.41) is 3.40. The third kappa shape index (κ3) is 5.02. The number of rotatable bonds is 4. The Morgan fingerprint density at radius 3 is 2.44 bits per heavy atom. The van der Waals surface area contributed by atoms with Crippen molar-refractivity contribution in [2.75, 3.05) is 57.8 Å². The van der Waals surface area contributed by atoms with Crippen LogP contribution in [0, 0.1) is 0 Å². The zero-order chi connectivity index (χ0) is 19.1. The van der Waals surface area contributed by atoms with Gasteiger partial charge < -0.3 is 24.8 Å². The molecule has 8 heteroatoms. The Kier molecular flexibility index (Phi) is 6.73. The maximum Gasteiger partial charge on any atom is 0.409 e. The molecule has 3 heterocycles. The van der Waals surface area contributed by atoms with Crippen LogP contribution in [0.2, 0.25) is 0 Å². The molecule has 8 nitrogen and oxygen atoms in total. The molecule has 1 aromatic heterocycles. The number of amides is 1. The van der Waals surface area contributed by atoms with Crippen LogP contribution in [0.5, 0.6) is 0 Å². The summed E-state index contributed by atoms with van der Waals surface area (Å²) in [5.74, 6) is 1.91. The fourth-order valence-corrected chi connectivity index (χ4v) is 3.48. The van der Waals surface area contributed by atoms with Crippen LogP contribution in [0.25, 0.3) is 0 Å². The van der Waals surface area contributed by atoms with E-state index in [1.165, 1.54) is 12.8 Å². The number of nitrogens with zero attached hydrogens (tertiary/aromatic N) is 5. The van der Waals surface area contributed by atoms with Crippen LogP contribution >= 0.6 is 0 Å². The van der Waals surface area contributed by atoms with E-state index in [1.807, 2.05) is 13.1 Å². The summed E-state index contributed by atoms with van der Waals surface area (Å²) in [6.45, 7) is 7.90. The van der Waals surface area contributed by atoms with Gasteiger partial charge in [-0.2, -0.15) is 0 Å². The molecule has 0 radical (unpaired) electrons. The van der Waals surface area contributed by atoms with Crippen LogP contribution in [-0.2, 0) is 11.3 Å². The fourth-order valence-electron chi connectivity index (χ4n) is 3.48. The topological polar surface area (TPSA) is 73.3 Å². The highest BCUT2D eigenvalue weighted by atomic mass is 16.6. The van der Waals surface area contributed by atoms with Gasteiger partial charge in [0, 0.05) is 59.1 Å². The van der Waals surface area contributed by atoms with Crippen molar-refractivity contribution in [1.82, 2.24) is 20.1 Å². The molecule has 0 spiro atoms.